The second kappa shape index (κ2) is 7.72. The SMILES string of the molecule is Cc1cccc(-c2nc(CC(=O)NNC(=O)c3ccccc3)cs2)c1. The number of carbonyl (C=O) groups is 2. The summed E-state index contributed by atoms with van der Waals surface area (Å²) in [6, 6.07) is 16.8. The van der Waals surface area contributed by atoms with Crippen LogP contribution in [-0.2, 0) is 11.2 Å². The van der Waals surface area contributed by atoms with E-state index in [0.29, 0.717) is 11.3 Å². The van der Waals surface area contributed by atoms with Crippen LogP contribution in [0.1, 0.15) is 21.6 Å². The van der Waals surface area contributed by atoms with Gasteiger partial charge in [-0.2, -0.15) is 0 Å². The number of hydrazine groups is 1. The molecule has 0 saturated heterocycles. The molecule has 0 aliphatic carbocycles. The van der Waals surface area contributed by atoms with Gasteiger partial charge >= 0.3 is 0 Å². The number of carbonyl (C=O) groups excluding carboxylic acids is 2. The minimum atomic E-state index is -0.354. The van der Waals surface area contributed by atoms with Crippen molar-refractivity contribution in [3.05, 3.63) is 76.8 Å². The van der Waals surface area contributed by atoms with E-state index in [1.807, 2.05) is 36.6 Å². The zero-order valence-corrected chi connectivity index (χ0v) is 14.5. The van der Waals surface area contributed by atoms with Gasteiger partial charge in [0.1, 0.15) is 5.01 Å². The molecule has 0 spiro atoms. The standard InChI is InChI=1S/C19H17N3O2S/c1-13-6-5-9-15(10-13)19-20-16(12-25-19)11-17(23)21-22-18(24)14-7-3-2-4-8-14/h2-10,12H,11H2,1H3,(H,21,23)(H,22,24). The Kier molecular flexibility index (Phi) is 5.20. The Bertz CT molecular complexity index is 890. The fourth-order valence-electron chi connectivity index (χ4n) is 2.30. The van der Waals surface area contributed by atoms with Gasteiger partial charge in [0.15, 0.2) is 0 Å². The summed E-state index contributed by atoms with van der Waals surface area (Å²) in [7, 11) is 0. The highest BCUT2D eigenvalue weighted by Gasteiger charge is 2.11. The fourth-order valence-corrected chi connectivity index (χ4v) is 3.11. The van der Waals surface area contributed by atoms with Gasteiger partial charge < -0.3 is 0 Å². The first-order chi connectivity index (χ1) is 12.1. The first kappa shape index (κ1) is 16.9. The number of aryl methyl sites for hydroxylation is 1. The molecule has 25 heavy (non-hydrogen) atoms. The molecule has 0 unspecified atom stereocenters. The largest absolute Gasteiger partial charge is 0.273 e. The molecule has 5 nitrogen and oxygen atoms in total. The van der Waals surface area contributed by atoms with Crippen molar-refractivity contribution in [2.24, 2.45) is 0 Å². The van der Waals surface area contributed by atoms with Gasteiger partial charge in [-0.05, 0) is 25.1 Å². The maximum absolute atomic E-state index is 12.0. The maximum Gasteiger partial charge on any atom is 0.269 e. The smallest absolute Gasteiger partial charge is 0.269 e. The van der Waals surface area contributed by atoms with Crippen LogP contribution >= 0.6 is 11.3 Å². The van der Waals surface area contributed by atoms with Crippen molar-refractivity contribution in [3.63, 3.8) is 0 Å². The van der Waals surface area contributed by atoms with E-state index >= 15 is 0 Å². The molecule has 2 N–H and O–H groups in total. The predicted octanol–water partition coefficient (Wildman–Crippen LogP) is 3.12. The molecule has 0 fully saturated rings. The second-order valence-corrected chi connectivity index (χ2v) is 6.42. The zero-order valence-electron chi connectivity index (χ0n) is 13.7. The number of thiazole rings is 1. The lowest BCUT2D eigenvalue weighted by Crippen LogP contribution is -2.42. The lowest BCUT2D eigenvalue weighted by atomic mass is 10.1. The second-order valence-electron chi connectivity index (χ2n) is 5.56. The number of hydrogen-bond acceptors (Lipinski definition) is 4. The van der Waals surface area contributed by atoms with Gasteiger partial charge in [-0.15, -0.1) is 11.3 Å². The lowest BCUT2D eigenvalue weighted by Gasteiger charge is -2.06. The molecular formula is C19H17N3O2S. The molecule has 1 heterocycles. The minimum absolute atomic E-state index is 0.109. The van der Waals surface area contributed by atoms with Crippen LogP contribution in [0.2, 0.25) is 0 Å². The Balaban J connectivity index is 1.56. The number of aromatic nitrogens is 1. The molecule has 0 bridgehead atoms. The number of rotatable bonds is 4. The van der Waals surface area contributed by atoms with Crippen LogP contribution in [0.3, 0.4) is 0 Å². The number of hydrogen-bond donors (Lipinski definition) is 2. The summed E-state index contributed by atoms with van der Waals surface area (Å²) < 4.78 is 0. The van der Waals surface area contributed by atoms with Crippen molar-refractivity contribution in [2.45, 2.75) is 13.3 Å². The van der Waals surface area contributed by atoms with Crippen LogP contribution in [0, 0.1) is 6.92 Å². The first-order valence-electron chi connectivity index (χ1n) is 7.77. The van der Waals surface area contributed by atoms with Crippen LogP contribution in [0.5, 0.6) is 0 Å². The van der Waals surface area contributed by atoms with Gasteiger partial charge in [-0.1, -0.05) is 42.0 Å². The van der Waals surface area contributed by atoms with Crippen molar-refractivity contribution in [1.29, 1.82) is 0 Å². The van der Waals surface area contributed by atoms with Gasteiger partial charge in [0.25, 0.3) is 5.91 Å². The summed E-state index contributed by atoms with van der Waals surface area (Å²) in [4.78, 5) is 28.4. The van der Waals surface area contributed by atoms with E-state index in [9.17, 15) is 9.59 Å². The molecule has 3 aromatic rings. The molecule has 0 aliphatic heterocycles. The Morgan fingerprint density at radius 1 is 1.04 bits per heavy atom. The molecule has 0 aliphatic rings. The lowest BCUT2D eigenvalue weighted by molar-refractivity contribution is -0.121. The van der Waals surface area contributed by atoms with E-state index < -0.39 is 0 Å². The van der Waals surface area contributed by atoms with E-state index in [1.54, 1.807) is 24.3 Å². The molecule has 0 radical (unpaired) electrons. The molecule has 3 rings (SSSR count). The highest BCUT2D eigenvalue weighted by molar-refractivity contribution is 7.13. The van der Waals surface area contributed by atoms with E-state index in [0.717, 1.165) is 16.1 Å². The van der Waals surface area contributed by atoms with Gasteiger partial charge in [0, 0.05) is 16.5 Å². The average Bonchev–Trinajstić information content (AvgIpc) is 3.09. The van der Waals surface area contributed by atoms with Crippen molar-refractivity contribution >= 4 is 23.2 Å². The van der Waals surface area contributed by atoms with E-state index in [1.165, 1.54) is 11.3 Å². The Morgan fingerprint density at radius 2 is 1.84 bits per heavy atom. The Labute approximate surface area is 149 Å². The molecule has 2 aromatic carbocycles. The summed E-state index contributed by atoms with van der Waals surface area (Å²) in [5.41, 5.74) is 8.17. The maximum atomic E-state index is 12.0. The van der Waals surface area contributed by atoms with E-state index in [-0.39, 0.29) is 18.2 Å². The third kappa shape index (κ3) is 4.51. The fraction of sp³-hybridized carbons (Fsp3) is 0.105. The van der Waals surface area contributed by atoms with Gasteiger partial charge in [0.2, 0.25) is 5.91 Å². The predicted molar refractivity (Wildman–Crippen MR) is 98.0 cm³/mol. The summed E-state index contributed by atoms with van der Waals surface area (Å²) in [6.45, 7) is 2.03. The third-order valence-corrected chi connectivity index (χ3v) is 4.45. The summed E-state index contributed by atoms with van der Waals surface area (Å²) in [5, 5.41) is 2.73. The summed E-state index contributed by atoms with van der Waals surface area (Å²) in [6.07, 6.45) is 0.109. The van der Waals surface area contributed by atoms with Crippen LogP contribution in [-0.4, -0.2) is 16.8 Å². The van der Waals surface area contributed by atoms with Crippen molar-refractivity contribution in [1.82, 2.24) is 15.8 Å². The summed E-state index contributed by atoms with van der Waals surface area (Å²) in [5.74, 6) is -0.668. The van der Waals surface area contributed by atoms with Gasteiger partial charge in [-0.3, -0.25) is 20.4 Å². The number of amides is 2. The van der Waals surface area contributed by atoms with Crippen LogP contribution < -0.4 is 10.9 Å². The van der Waals surface area contributed by atoms with Crippen LogP contribution in [0.15, 0.2) is 60.0 Å². The van der Waals surface area contributed by atoms with Crippen LogP contribution in [0.25, 0.3) is 10.6 Å². The normalized spacial score (nSPS) is 10.3. The first-order valence-corrected chi connectivity index (χ1v) is 8.65. The van der Waals surface area contributed by atoms with Gasteiger partial charge in [0.05, 0.1) is 12.1 Å². The third-order valence-electron chi connectivity index (χ3n) is 3.51. The highest BCUT2D eigenvalue weighted by Crippen LogP contribution is 2.24. The molecule has 2 amide bonds. The molecule has 1 aromatic heterocycles. The Morgan fingerprint density at radius 3 is 2.60 bits per heavy atom. The minimum Gasteiger partial charge on any atom is -0.273 e. The summed E-state index contributed by atoms with van der Waals surface area (Å²) >= 11 is 1.50. The molecule has 0 saturated carbocycles. The monoisotopic (exact) mass is 351 g/mol. The highest BCUT2D eigenvalue weighted by atomic mass is 32.1. The van der Waals surface area contributed by atoms with Crippen LogP contribution in [0.4, 0.5) is 0 Å². The van der Waals surface area contributed by atoms with Crippen molar-refractivity contribution < 1.29 is 9.59 Å². The molecule has 6 heteroatoms. The number of benzene rings is 2. The van der Waals surface area contributed by atoms with Crippen molar-refractivity contribution in [2.75, 3.05) is 0 Å². The zero-order chi connectivity index (χ0) is 17.6. The molecule has 0 atom stereocenters. The molecular weight excluding hydrogens is 334 g/mol. The quantitative estimate of drug-likeness (QED) is 0.710. The van der Waals surface area contributed by atoms with E-state index in [2.05, 4.69) is 21.9 Å². The molecule has 126 valence electrons. The average molecular weight is 351 g/mol. The van der Waals surface area contributed by atoms with E-state index in [4.69, 9.17) is 0 Å². The Hall–Kier alpha value is -2.99. The number of nitrogens with one attached hydrogen (secondary N) is 2. The van der Waals surface area contributed by atoms with Crippen molar-refractivity contribution in [3.8, 4) is 10.6 Å². The number of nitrogens with zero attached hydrogens (tertiary/aromatic N) is 1. The topological polar surface area (TPSA) is 71.1 Å². The van der Waals surface area contributed by atoms with Gasteiger partial charge in [-0.25, -0.2) is 4.98 Å².